The molecule has 1 fully saturated rings. The summed E-state index contributed by atoms with van der Waals surface area (Å²) in [7, 11) is 0. The second-order valence-corrected chi connectivity index (χ2v) is 6.61. The van der Waals surface area contributed by atoms with Crippen LogP contribution in [0, 0.1) is 29.0 Å². The van der Waals surface area contributed by atoms with Crippen molar-refractivity contribution in [3.8, 4) is 17.5 Å². The van der Waals surface area contributed by atoms with Gasteiger partial charge in [0.1, 0.15) is 11.5 Å². The van der Waals surface area contributed by atoms with Crippen molar-refractivity contribution in [2.24, 2.45) is 11.8 Å². The molecule has 3 aromatic heterocycles. The van der Waals surface area contributed by atoms with Crippen LogP contribution in [-0.4, -0.2) is 33.3 Å². The predicted octanol–water partition coefficient (Wildman–Crippen LogP) is 3.54. The highest BCUT2D eigenvalue weighted by atomic mass is 19.1. The van der Waals surface area contributed by atoms with Gasteiger partial charge in [-0.3, -0.25) is 5.10 Å². The van der Waals surface area contributed by atoms with Gasteiger partial charge in [0.05, 0.1) is 17.7 Å². The van der Waals surface area contributed by atoms with E-state index in [2.05, 4.69) is 38.1 Å². The lowest BCUT2D eigenvalue weighted by Gasteiger charge is -2.36. The van der Waals surface area contributed by atoms with Crippen LogP contribution >= 0.6 is 0 Å². The zero-order chi connectivity index (χ0) is 18.1. The van der Waals surface area contributed by atoms with Gasteiger partial charge in [-0.25, -0.2) is 14.4 Å². The molecular formula is C19H19FN6. The third-order valence-electron chi connectivity index (χ3n) is 5.15. The normalized spacial score (nSPS) is 20.3. The molecule has 1 aliphatic rings. The van der Waals surface area contributed by atoms with Crippen LogP contribution in [0.4, 0.5) is 10.2 Å². The maximum Gasteiger partial charge on any atom is 0.181 e. The molecule has 2 unspecified atom stereocenters. The quantitative estimate of drug-likeness (QED) is 0.781. The third kappa shape index (κ3) is 2.77. The monoisotopic (exact) mass is 350 g/mol. The number of hydrogen-bond donors (Lipinski definition) is 1. The van der Waals surface area contributed by atoms with Gasteiger partial charge in [-0.1, -0.05) is 13.3 Å². The number of nitrogens with one attached hydrogen (secondary N) is 1. The van der Waals surface area contributed by atoms with Gasteiger partial charge in [-0.05, 0) is 36.6 Å². The standard InChI is InChI=1S/C19H19FN6/c1-2-12-11-26(9-7-13(12)10-21)16-6-5-15(20)18(23-16)17-14-4-3-8-22-19(14)25-24-17/h3-6,8,12-13H,2,7,9,11H2,1H3,(H,22,24,25). The Morgan fingerprint density at radius 3 is 3.08 bits per heavy atom. The lowest BCUT2D eigenvalue weighted by molar-refractivity contribution is 0.329. The number of nitriles is 1. The highest BCUT2D eigenvalue weighted by molar-refractivity contribution is 5.89. The van der Waals surface area contributed by atoms with Gasteiger partial charge >= 0.3 is 0 Å². The van der Waals surface area contributed by atoms with E-state index in [1.165, 1.54) is 6.07 Å². The Kier molecular flexibility index (Phi) is 4.25. The summed E-state index contributed by atoms with van der Waals surface area (Å²) in [6.07, 6.45) is 3.40. The summed E-state index contributed by atoms with van der Waals surface area (Å²) < 4.78 is 14.5. The number of aromatic nitrogens is 4. The minimum atomic E-state index is -0.401. The van der Waals surface area contributed by atoms with Crippen molar-refractivity contribution in [1.29, 1.82) is 5.26 Å². The van der Waals surface area contributed by atoms with Gasteiger partial charge in [0.2, 0.25) is 0 Å². The number of hydrogen-bond acceptors (Lipinski definition) is 5. The molecule has 0 spiro atoms. The lowest BCUT2D eigenvalue weighted by atomic mass is 9.85. The molecule has 3 aromatic rings. The summed E-state index contributed by atoms with van der Waals surface area (Å²) in [4.78, 5) is 10.9. The zero-order valence-electron chi connectivity index (χ0n) is 14.5. The molecule has 0 radical (unpaired) electrons. The maximum atomic E-state index is 14.5. The smallest absolute Gasteiger partial charge is 0.181 e. The van der Waals surface area contributed by atoms with Crippen molar-refractivity contribution in [3.63, 3.8) is 0 Å². The molecule has 2 atom stereocenters. The first kappa shape index (κ1) is 16.5. The number of rotatable bonds is 3. The Hall–Kier alpha value is -3.01. The largest absolute Gasteiger partial charge is 0.356 e. The van der Waals surface area contributed by atoms with Crippen molar-refractivity contribution in [2.45, 2.75) is 19.8 Å². The van der Waals surface area contributed by atoms with Crippen LogP contribution in [0.3, 0.4) is 0 Å². The van der Waals surface area contributed by atoms with E-state index in [4.69, 9.17) is 0 Å². The van der Waals surface area contributed by atoms with Gasteiger partial charge in [0, 0.05) is 24.7 Å². The van der Waals surface area contributed by atoms with E-state index in [0.717, 1.165) is 37.1 Å². The fraction of sp³-hybridized carbons (Fsp3) is 0.368. The number of halogens is 1. The Morgan fingerprint density at radius 1 is 1.38 bits per heavy atom. The molecule has 26 heavy (non-hydrogen) atoms. The van der Waals surface area contributed by atoms with Crippen molar-refractivity contribution < 1.29 is 4.39 Å². The number of pyridine rings is 2. The number of anilines is 1. The van der Waals surface area contributed by atoms with Crippen molar-refractivity contribution in [3.05, 3.63) is 36.3 Å². The van der Waals surface area contributed by atoms with Gasteiger partial charge in [-0.2, -0.15) is 10.4 Å². The molecule has 1 aliphatic heterocycles. The number of fused-ring (bicyclic) bond motifs is 1. The minimum absolute atomic E-state index is 0.0822. The third-order valence-corrected chi connectivity index (χ3v) is 5.15. The van der Waals surface area contributed by atoms with E-state index in [-0.39, 0.29) is 11.6 Å². The molecule has 0 saturated carbocycles. The van der Waals surface area contributed by atoms with Crippen LogP contribution in [0.25, 0.3) is 22.4 Å². The van der Waals surface area contributed by atoms with Crippen LogP contribution in [0.5, 0.6) is 0 Å². The summed E-state index contributed by atoms with van der Waals surface area (Å²) in [5.74, 6) is 0.713. The SMILES string of the molecule is CCC1CN(c2ccc(F)c(-c3[nH]nc4ncccc34)n2)CCC1C#N. The van der Waals surface area contributed by atoms with E-state index in [1.54, 1.807) is 18.3 Å². The summed E-state index contributed by atoms with van der Waals surface area (Å²) in [6.45, 7) is 3.61. The summed E-state index contributed by atoms with van der Waals surface area (Å²) in [5, 5.41) is 17.0. The molecular weight excluding hydrogens is 331 g/mol. The molecule has 0 amide bonds. The Balaban J connectivity index is 1.70. The Bertz CT molecular complexity index is 976. The van der Waals surface area contributed by atoms with Gasteiger partial charge in [0.15, 0.2) is 11.5 Å². The first-order chi connectivity index (χ1) is 12.7. The number of nitrogens with zero attached hydrogens (tertiary/aromatic N) is 5. The van der Waals surface area contributed by atoms with E-state index in [9.17, 15) is 9.65 Å². The number of H-pyrrole nitrogens is 1. The second-order valence-electron chi connectivity index (χ2n) is 6.61. The van der Waals surface area contributed by atoms with Crippen LogP contribution in [0.1, 0.15) is 19.8 Å². The first-order valence-electron chi connectivity index (χ1n) is 8.81. The Labute approximate surface area is 150 Å². The molecule has 4 rings (SSSR count). The number of aromatic amines is 1. The van der Waals surface area contributed by atoms with Gasteiger partial charge in [-0.15, -0.1) is 0 Å². The molecule has 0 bridgehead atoms. The first-order valence-corrected chi connectivity index (χ1v) is 8.81. The number of piperidine rings is 1. The minimum Gasteiger partial charge on any atom is -0.356 e. The van der Waals surface area contributed by atoms with E-state index in [0.29, 0.717) is 17.3 Å². The Morgan fingerprint density at radius 2 is 2.27 bits per heavy atom. The predicted molar refractivity (Wildman–Crippen MR) is 96.8 cm³/mol. The average molecular weight is 350 g/mol. The van der Waals surface area contributed by atoms with Crippen LogP contribution in [0.2, 0.25) is 0 Å². The van der Waals surface area contributed by atoms with Crippen LogP contribution in [-0.2, 0) is 0 Å². The van der Waals surface area contributed by atoms with Crippen molar-refractivity contribution >= 4 is 16.9 Å². The van der Waals surface area contributed by atoms with Crippen LogP contribution in [0.15, 0.2) is 30.5 Å². The highest BCUT2D eigenvalue weighted by Crippen LogP contribution is 2.31. The molecule has 0 aromatic carbocycles. The van der Waals surface area contributed by atoms with Crippen molar-refractivity contribution in [2.75, 3.05) is 18.0 Å². The van der Waals surface area contributed by atoms with Crippen LogP contribution < -0.4 is 4.90 Å². The molecule has 1 N–H and O–H groups in total. The van der Waals surface area contributed by atoms with E-state index in [1.807, 2.05) is 6.07 Å². The van der Waals surface area contributed by atoms with E-state index >= 15 is 0 Å². The molecule has 132 valence electrons. The van der Waals surface area contributed by atoms with Gasteiger partial charge < -0.3 is 4.90 Å². The summed E-state index contributed by atoms with van der Waals surface area (Å²) in [5.41, 5.74) is 1.31. The molecule has 6 nitrogen and oxygen atoms in total. The second kappa shape index (κ2) is 6.71. The maximum absolute atomic E-state index is 14.5. The highest BCUT2D eigenvalue weighted by Gasteiger charge is 2.29. The molecule has 0 aliphatic carbocycles. The molecule has 4 heterocycles. The lowest BCUT2D eigenvalue weighted by Crippen LogP contribution is -2.40. The fourth-order valence-electron chi connectivity index (χ4n) is 3.64. The fourth-order valence-corrected chi connectivity index (χ4v) is 3.64. The summed E-state index contributed by atoms with van der Waals surface area (Å²) in [6, 6.07) is 9.20. The van der Waals surface area contributed by atoms with Crippen molar-refractivity contribution in [1.82, 2.24) is 20.2 Å². The molecule has 7 heteroatoms. The van der Waals surface area contributed by atoms with Gasteiger partial charge in [0.25, 0.3) is 0 Å². The average Bonchev–Trinajstić information content (AvgIpc) is 3.12. The molecule has 1 saturated heterocycles. The summed E-state index contributed by atoms with van der Waals surface area (Å²) >= 11 is 0. The van der Waals surface area contributed by atoms with E-state index < -0.39 is 5.82 Å². The topological polar surface area (TPSA) is 81.5 Å². The zero-order valence-corrected chi connectivity index (χ0v) is 14.5.